The van der Waals surface area contributed by atoms with Gasteiger partial charge in [-0.05, 0) is 41.1 Å². The molecule has 0 bridgehead atoms. The molecule has 0 radical (unpaired) electrons. The first-order valence-electron chi connectivity index (χ1n) is 8.32. The molecule has 132 valence electrons. The summed E-state index contributed by atoms with van der Waals surface area (Å²) in [7, 11) is 0. The molecule has 1 aliphatic rings. The summed E-state index contributed by atoms with van der Waals surface area (Å²) in [5, 5.41) is 6.24. The summed E-state index contributed by atoms with van der Waals surface area (Å²) in [6.07, 6.45) is 0.896. The summed E-state index contributed by atoms with van der Waals surface area (Å²) in [5.41, 5.74) is 1.51. The van der Waals surface area contributed by atoms with Crippen LogP contribution in [0.4, 0.5) is 5.69 Å². The number of nitrogens with zero attached hydrogens (tertiary/aromatic N) is 2. The minimum absolute atomic E-state index is 0.105. The SMILES string of the molecule is NN(CCCS)c1ccc2c(C(=O)N3CCNC(=O)C3)cccc2c1. The van der Waals surface area contributed by atoms with Crippen molar-refractivity contribution < 1.29 is 9.59 Å². The van der Waals surface area contributed by atoms with E-state index in [1.807, 2.05) is 30.3 Å². The number of piperazine rings is 1. The van der Waals surface area contributed by atoms with Crippen LogP contribution in [0.5, 0.6) is 0 Å². The highest BCUT2D eigenvalue weighted by Crippen LogP contribution is 2.25. The zero-order chi connectivity index (χ0) is 17.8. The fourth-order valence-corrected chi connectivity index (χ4v) is 3.13. The number of hydrogen-bond donors (Lipinski definition) is 3. The van der Waals surface area contributed by atoms with E-state index in [4.69, 9.17) is 5.84 Å². The van der Waals surface area contributed by atoms with Gasteiger partial charge < -0.3 is 15.2 Å². The standard InChI is InChI=1S/C18H22N4O2S/c19-22(8-2-10-25)14-5-6-15-13(11-14)3-1-4-16(15)18(24)21-9-7-20-17(23)12-21/h1,3-6,11,25H,2,7-10,12,19H2,(H,20,23). The minimum atomic E-state index is -0.120. The molecule has 0 aliphatic carbocycles. The van der Waals surface area contributed by atoms with Crippen molar-refractivity contribution in [1.82, 2.24) is 10.2 Å². The third kappa shape index (κ3) is 3.88. The average Bonchev–Trinajstić information content (AvgIpc) is 2.64. The van der Waals surface area contributed by atoms with Gasteiger partial charge in [-0.3, -0.25) is 9.59 Å². The molecular weight excluding hydrogens is 336 g/mol. The summed E-state index contributed by atoms with van der Waals surface area (Å²) in [5.74, 6) is 6.63. The summed E-state index contributed by atoms with van der Waals surface area (Å²) in [4.78, 5) is 26.0. The van der Waals surface area contributed by atoms with Crippen molar-refractivity contribution in [3.05, 3.63) is 42.0 Å². The van der Waals surface area contributed by atoms with Crippen LogP contribution in [-0.4, -0.2) is 48.6 Å². The van der Waals surface area contributed by atoms with Crippen molar-refractivity contribution in [2.24, 2.45) is 5.84 Å². The van der Waals surface area contributed by atoms with Crippen molar-refractivity contribution in [1.29, 1.82) is 0 Å². The zero-order valence-electron chi connectivity index (χ0n) is 13.9. The van der Waals surface area contributed by atoms with Crippen LogP contribution in [0.2, 0.25) is 0 Å². The van der Waals surface area contributed by atoms with Gasteiger partial charge in [0.15, 0.2) is 0 Å². The predicted molar refractivity (Wildman–Crippen MR) is 103 cm³/mol. The fourth-order valence-electron chi connectivity index (χ4n) is 2.99. The molecule has 6 nitrogen and oxygen atoms in total. The Balaban J connectivity index is 1.89. The highest BCUT2D eigenvalue weighted by atomic mass is 32.1. The van der Waals surface area contributed by atoms with Crippen LogP contribution >= 0.6 is 12.6 Å². The van der Waals surface area contributed by atoms with Gasteiger partial charge in [-0.1, -0.05) is 18.2 Å². The van der Waals surface area contributed by atoms with Gasteiger partial charge in [0.2, 0.25) is 5.91 Å². The van der Waals surface area contributed by atoms with Crippen LogP contribution in [0.1, 0.15) is 16.8 Å². The van der Waals surface area contributed by atoms with E-state index in [9.17, 15) is 9.59 Å². The lowest BCUT2D eigenvalue weighted by molar-refractivity contribution is -0.123. The summed E-state index contributed by atoms with van der Waals surface area (Å²) in [6, 6.07) is 11.4. The van der Waals surface area contributed by atoms with E-state index in [1.54, 1.807) is 16.0 Å². The quantitative estimate of drug-likeness (QED) is 0.429. The van der Waals surface area contributed by atoms with Gasteiger partial charge in [0.1, 0.15) is 0 Å². The van der Waals surface area contributed by atoms with Crippen LogP contribution in [0, 0.1) is 0 Å². The van der Waals surface area contributed by atoms with Gasteiger partial charge >= 0.3 is 0 Å². The van der Waals surface area contributed by atoms with Crippen molar-refractivity contribution in [2.45, 2.75) is 6.42 Å². The predicted octanol–water partition coefficient (Wildman–Crippen LogP) is 1.41. The van der Waals surface area contributed by atoms with Gasteiger partial charge in [0, 0.05) is 25.2 Å². The second-order valence-electron chi connectivity index (χ2n) is 6.06. The maximum Gasteiger partial charge on any atom is 0.255 e. The van der Waals surface area contributed by atoms with Crippen molar-refractivity contribution in [3.63, 3.8) is 0 Å². The maximum atomic E-state index is 12.8. The van der Waals surface area contributed by atoms with Gasteiger partial charge in [0.05, 0.1) is 12.2 Å². The van der Waals surface area contributed by atoms with E-state index in [-0.39, 0.29) is 18.4 Å². The maximum absolute atomic E-state index is 12.8. The summed E-state index contributed by atoms with van der Waals surface area (Å²) < 4.78 is 0. The monoisotopic (exact) mass is 358 g/mol. The highest BCUT2D eigenvalue weighted by Gasteiger charge is 2.23. The van der Waals surface area contributed by atoms with Crippen LogP contribution in [0.3, 0.4) is 0 Å². The summed E-state index contributed by atoms with van der Waals surface area (Å²) in [6.45, 7) is 1.84. The lowest BCUT2D eigenvalue weighted by Gasteiger charge is -2.27. The number of carbonyl (C=O) groups excluding carboxylic acids is 2. The van der Waals surface area contributed by atoms with E-state index >= 15 is 0 Å². The smallest absolute Gasteiger partial charge is 0.255 e. The summed E-state index contributed by atoms with van der Waals surface area (Å²) >= 11 is 4.21. The molecule has 0 atom stereocenters. The highest BCUT2D eigenvalue weighted by molar-refractivity contribution is 7.80. The van der Waals surface area contributed by atoms with Crippen molar-refractivity contribution >= 4 is 40.9 Å². The first kappa shape index (κ1) is 17.6. The lowest BCUT2D eigenvalue weighted by atomic mass is 10.0. The molecule has 0 unspecified atom stereocenters. The van der Waals surface area contributed by atoms with Crippen LogP contribution < -0.4 is 16.2 Å². The molecule has 1 aliphatic heterocycles. The number of thiol groups is 1. The van der Waals surface area contributed by atoms with E-state index < -0.39 is 0 Å². The Hall–Kier alpha value is -2.25. The second kappa shape index (κ2) is 7.76. The number of amides is 2. The molecule has 0 aromatic heterocycles. The zero-order valence-corrected chi connectivity index (χ0v) is 14.8. The largest absolute Gasteiger partial charge is 0.353 e. The number of fused-ring (bicyclic) bond motifs is 1. The number of rotatable bonds is 5. The number of nitrogens with one attached hydrogen (secondary N) is 1. The third-order valence-electron chi connectivity index (χ3n) is 4.31. The number of benzene rings is 2. The lowest BCUT2D eigenvalue weighted by Crippen LogP contribution is -2.50. The van der Waals surface area contributed by atoms with Gasteiger partial charge in [-0.2, -0.15) is 12.6 Å². The third-order valence-corrected chi connectivity index (χ3v) is 4.62. The van der Waals surface area contributed by atoms with E-state index in [2.05, 4.69) is 17.9 Å². The van der Waals surface area contributed by atoms with E-state index in [0.717, 1.165) is 35.2 Å². The van der Waals surface area contributed by atoms with Crippen LogP contribution in [0.15, 0.2) is 36.4 Å². The second-order valence-corrected chi connectivity index (χ2v) is 6.51. The molecule has 2 aromatic carbocycles. The number of anilines is 1. The minimum Gasteiger partial charge on any atom is -0.353 e. The molecule has 2 aromatic rings. The van der Waals surface area contributed by atoms with Gasteiger partial charge in [0.25, 0.3) is 5.91 Å². The van der Waals surface area contributed by atoms with E-state index in [1.165, 1.54) is 0 Å². The number of carbonyl (C=O) groups is 2. The Morgan fingerprint density at radius 1 is 1.32 bits per heavy atom. The Kier molecular flexibility index (Phi) is 5.45. The number of nitrogens with two attached hydrogens (primary N) is 1. The van der Waals surface area contributed by atoms with Crippen LogP contribution in [0.25, 0.3) is 10.8 Å². The molecule has 25 heavy (non-hydrogen) atoms. The molecular formula is C18H22N4O2S. The first-order valence-corrected chi connectivity index (χ1v) is 8.95. The fraction of sp³-hybridized carbons (Fsp3) is 0.333. The topological polar surface area (TPSA) is 78.7 Å². The molecule has 1 fully saturated rings. The number of hydrazine groups is 1. The Labute approximate surface area is 152 Å². The van der Waals surface area contributed by atoms with Crippen molar-refractivity contribution in [2.75, 3.05) is 36.9 Å². The molecule has 2 amide bonds. The Morgan fingerprint density at radius 3 is 2.92 bits per heavy atom. The molecule has 1 heterocycles. The molecule has 3 rings (SSSR count). The Bertz CT molecular complexity index is 796. The molecule has 7 heteroatoms. The molecule has 3 N–H and O–H groups in total. The van der Waals surface area contributed by atoms with Crippen molar-refractivity contribution in [3.8, 4) is 0 Å². The molecule has 0 saturated carbocycles. The van der Waals surface area contributed by atoms with Crippen LogP contribution in [-0.2, 0) is 4.79 Å². The molecule has 1 saturated heterocycles. The van der Waals surface area contributed by atoms with Gasteiger partial charge in [-0.25, -0.2) is 5.84 Å². The molecule has 0 spiro atoms. The Morgan fingerprint density at radius 2 is 2.16 bits per heavy atom. The van der Waals surface area contributed by atoms with E-state index in [0.29, 0.717) is 18.7 Å². The number of hydrogen-bond acceptors (Lipinski definition) is 5. The first-order chi connectivity index (χ1) is 12.1. The normalized spacial score (nSPS) is 14.5. The van der Waals surface area contributed by atoms with Gasteiger partial charge in [-0.15, -0.1) is 0 Å². The average molecular weight is 358 g/mol.